The minimum Gasteiger partial charge on any atom is -0.454 e. The summed E-state index contributed by atoms with van der Waals surface area (Å²) < 4.78 is 7.28. The zero-order chi connectivity index (χ0) is 20.2. The third kappa shape index (κ3) is 4.49. The van der Waals surface area contributed by atoms with Gasteiger partial charge in [0, 0.05) is 45.0 Å². The van der Waals surface area contributed by atoms with E-state index in [0.717, 1.165) is 19.6 Å². The lowest BCUT2D eigenvalue weighted by Crippen LogP contribution is -2.48. The highest BCUT2D eigenvalue weighted by Crippen LogP contribution is 2.16. The molecule has 0 bridgehead atoms. The van der Waals surface area contributed by atoms with Crippen LogP contribution in [0.5, 0.6) is 0 Å². The van der Waals surface area contributed by atoms with Gasteiger partial charge in [-0.05, 0) is 36.2 Å². The molecule has 1 aliphatic rings. The average Bonchev–Trinajstić information content (AvgIpc) is 3.20. The Hall–Kier alpha value is -3.12. The van der Waals surface area contributed by atoms with Gasteiger partial charge in [-0.15, -0.1) is 0 Å². The minimum atomic E-state index is -0.0958. The maximum atomic E-state index is 12.8. The van der Waals surface area contributed by atoms with Crippen LogP contribution in [0.15, 0.2) is 70.0 Å². The van der Waals surface area contributed by atoms with Gasteiger partial charge in [0.1, 0.15) is 5.76 Å². The fraction of sp³-hybridized carbons (Fsp3) is 0.304. The number of piperazine rings is 1. The van der Waals surface area contributed by atoms with Crippen LogP contribution in [0.2, 0.25) is 0 Å². The van der Waals surface area contributed by atoms with Crippen molar-refractivity contribution in [2.75, 3.05) is 26.2 Å². The van der Waals surface area contributed by atoms with Crippen LogP contribution in [0.4, 0.5) is 0 Å². The van der Waals surface area contributed by atoms with Crippen LogP contribution in [0.1, 0.15) is 27.4 Å². The predicted molar refractivity (Wildman–Crippen MR) is 111 cm³/mol. The number of hydrogen-bond donors (Lipinski definition) is 0. The van der Waals surface area contributed by atoms with Gasteiger partial charge in [0.2, 0.25) is 0 Å². The van der Waals surface area contributed by atoms with Crippen LogP contribution < -0.4 is 5.56 Å². The van der Waals surface area contributed by atoms with E-state index in [9.17, 15) is 9.59 Å². The fourth-order valence-electron chi connectivity index (χ4n) is 3.63. The third-order valence-electron chi connectivity index (χ3n) is 5.41. The first-order valence-corrected chi connectivity index (χ1v) is 9.90. The number of carbonyl (C=O) groups is 1. The summed E-state index contributed by atoms with van der Waals surface area (Å²) in [4.78, 5) is 28.8. The Kier molecular flexibility index (Phi) is 5.62. The Balaban J connectivity index is 1.34. The van der Waals surface area contributed by atoms with E-state index >= 15 is 0 Å². The molecule has 1 fully saturated rings. The number of carbonyl (C=O) groups excluding carboxylic acids is 1. The number of pyridine rings is 1. The second-order valence-electron chi connectivity index (χ2n) is 7.43. The van der Waals surface area contributed by atoms with Gasteiger partial charge in [-0.1, -0.05) is 30.3 Å². The van der Waals surface area contributed by atoms with E-state index < -0.39 is 0 Å². The van der Waals surface area contributed by atoms with Gasteiger partial charge in [0.15, 0.2) is 5.76 Å². The first kappa shape index (κ1) is 19.2. The molecular weight excluding hydrogens is 366 g/mol. The molecular formula is C23H25N3O3. The summed E-state index contributed by atoms with van der Waals surface area (Å²) in [5, 5.41) is 0. The highest BCUT2D eigenvalue weighted by molar-refractivity contribution is 5.91. The van der Waals surface area contributed by atoms with Crippen LogP contribution in [-0.2, 0) is 13.1 Å². The fourth-order valence-corrected chi connectivity index (χ4v) is 3.63. The van der Waals surface area contributed by atoms with Crippen molar-refractivity contribution >= 4 is 5.91 Å². The SMILES string of the molecule is Cc1ccccc1CN1CCN(C(=O)c2ccc(Cn3ccccc3=O)o2)CC1. The van der Waals surface area contributed by atoms with Crippen molar-refractivity contribution in [2.24, 2.45) is 0 Å². The van der Waals surface area contributed by atoms with Crippen LogP contribution in [0, 0.1) is 6.92 Å². The predicted octanol–water partition coefficient (Wildman–Crippen LogP) is 2.76. The van der Waals surface area contributed by atoms with Gasteiger partial charge in [0.25, 0.3) is 11.5 Å². The molecule has 3 heterocycles. The third-order valence-corrected chi connectivity index (χ3v) is 5.41. The molecule has 0 saturated carbocycles. The molecule has 150 valence electrons. The maximum Gasteiger partial charge on any atom is 0.289 e. The molecule has 4 rings (SSSR count). The van der Waals surface area contributed by atoms with E-state index in [4.69, 9.17) is 4.42 Å². The molecule has 2 aromatic heterocycles. The van der Waals surface area contributed by atoms with Crippen molar-refractivity contribution in [3.05, 3.63) is 93.8 Å². The molecule has 1 aromatic carbocycles. The summed E-state index contributed by atoms with van der Waals surface area (Å²) >= 11 is 0. The summed E-state index contributed by atoms with van der Waals surface area (Å²) in [6.07, 6.45) is 1.71. The Morgan fingerprint density at radius 1 is 0.931 bits per heavy atom. The minimum absolute atomic E-state index is 0.0906. The van der Waals surface area contributed by atoms with Gasteiger partial charge in [-0.2, -0.15) is 0 Å². The molecule has 0 N–H and O–H groups in total. The first-order chi connectivity index (χ1) is 14.1. The van der Waals surface area contributed by atoms with Gasteiger partial charge >= 0.3 is 0 Å². The molecule has 1 saturated heterocycles. The second kappa shape index (κ2) is 8.49. The summed E-state index contributed by atoms with van der Waals surface area (Å²) in [5.74, 6) is 0.836. The molecule has 0 spiro atoms. The van der Waals surface area contributed by atoms with E-state index in [0.29, 0.717) is 31.2 Å². The van der Waals surface area contributed by atoms with Crippen molar-refractivity contribution < 1.29 is 9.21 Å². The Morgan fingerprint density at radius 3 is 2.45 bits per heavy atom. The van der Waals surface area contributed by atoms with E-state index in [2.05, 4.69) is 36.1 Å². The Labute approximate surface area is 170 Å². The quantitative estimate of drug-likeness (QED) is 0.671. The van der Waals surface area contributed by atoms with Crippen LogP contribution >= 0.6 is 0 Å². The lowest BCUT2D eigenvalue weighted by molar-refractivity contribution is 0.0595. The van der Waals surface area contributed by atoms with E-state index in [1.54, 1.807) is 35.0 Å². The molecule has 3 aromatic rings. The second-order valence-corrected chi connectivity index (χ2v) is 7.43. The number of rotatable bonds is 5. The normalized spacial score (nSPS) is 14.9. The Bertz CT molecular complexity index is 1050. The number of nitrogens with zero attached hydrogens (tertiary/aromatic N) is 3. The summed E-state index contributed by atoms with van der Waals surface area (Å²) in [5.41, 5.74) is 2.53. The van der Waals surface area contributed by atoms with Crippen molar-refractivity contribution in [1.82, 2.24) is 14.4 Å². The number of aromatic nitrogens is 1. The van der Waals surface area contributed by atoms with Crippen LogP contribution in [0.3, 0.4) is 0 Å². The smallest absolute Gasteiger partial charge is 0.289 e. The molecule has 0 unspecified atom stereocenters. The summed E-state index contributed by atoms with van der Waals surface area (Å²) in [7, 11) is 0. The molecule has 0 radical (unpaired) electrons. The van der Waals surface area contributed by atoms with E-state index in [1.807, 2.05) is 4.90 Å². The number of amides is 1. The van der Waals surface area contributed by atoms with E-state index in [-0.39, 0.29) is 11.5 Å². The Morgan fingerprint density at radius 2 is 1.69 bits per heavy atom. The molecule has 0 atom stereocenters. The van der Waals surface area contributed by atoms with Crippen molar-refractivity contribution in [3.8, 4) is 0 Å². The highest BCUT2D eigenvalue weighted by Gasteiger charge is 2.24. The first-order valence-electron chi connectivity index (χ1n) is 9.90. The van der Waals surface area contributed by atoms with Gasteiger partial charge in [-0.3, -0.25) is 14.5 Å². The summed E-state index contributed by atoms with van der Waals surface area (Å²) in [6.45, 7) is 6.40. The lowest BCUT2D eigenvalue weighted by Gasteiger charge is -2.34. The van der Waals surface area contributed by atoms with Crippen LogP contribution in [0.25, 0.3) is 0 Å². The number of aryl methyl sites for hydroxylation is 1. The highest BCUT2D eigenvalue weighted by atomic mass is 16.4. The average molecular weight is 391 g/mol. The standard InChI is InChI=1S/C23H25N3O3/c1-18-6-2-3-7-19(18)16-24-12-14-25(15-13-24)23(28)21-10-9-20(29-21)17-26-11-5-4-8-22(26)27/h2-11H,12-17H2,1H3. The topological polar surface area (TPSA) is 58.7 Å². The molecule has 1 amide bonds. The monoisotopic (exact) mass is 391 g/mol. The zero-order valence-electron chi connectivity index (χ0n) is 16.6. The summed E-state index contributed by atoms with van der Waals surface area (Å²) in [6, 6.07) is 16.9. The molecule has 29 heavy (non-hydrogen) atoms. The number of hydrogen-bond acceptors (Lipinski definition) is 4. The van der Waals surface area contributed by atoms with E-state index in [1.165, 1.54) is 17.2 Å². The van der Waals surface area contributed by atoms with Gasteiger partial charge in [0.05, 0.1) is 6.54 Å². The van der Waals surface area contributed by atoms with Crippen LogP contribution in [-0.4, -0.2) is 46.5 Å². The van der Waals surface area contributed by atoms with Crippen molar-refractivity contribution in [3.63, 3.8) is 0 Å². The largest absolute Gasteiger partial charge is 0.454 e. The lowest BCUT2D eigenvalue weighted by atomic mass is 10.1. The molecule has 6 nitrogen and oxygen atoms in total. The maximum absolute atomic E-state index is 12.8. The van der Waals surface area contributed by atoms with Crippen molar-refractivity contribution in [2.45, 2.75) is 20.0 Å². The number of benzene rings is 1. The van der Waals surface area contributed by atoms with Gasteiger partial charge in [-0.25, -0.2) is 0 Å². The zero-order valence-corrected chi connectivity index (χ0v) is 16.6. The number of furan rings is 1. The molecule has 6 heteroatoms. The van der Waals surface area contributed by atoms with Gasteiger partial charge < -0.3 is 13.9 Å². The molecule has 1 aliphatic heterocycles. The van der Waals surface area contributed by atoms with Crippen molar-refractivity contribution in [1.29, 1.82) is 0 Å². The molecule has 0 aliphatic carbocycles.